The standard InChI is InChI=1S/C23H19F2N3O3S/c1-15-9-10-19(31-22(24)25)17(12-15)18(29)14-32-23-27-26-21(20-8-5-11-30-20)28(23)13-16-6-3-2-4-7-16/h2-12,22H,13-14H2,1H3. The molecule has 0 aliphatic carbocycles. The number of hydrogen-bond donors (Lipinski definition) is 0. The molecule has 6 nitrogen and oxygen atoms in total. The first-order chi connectivity index (χ1) is 15.5. The highest BCUT2D eigenvalue weighted by atomic mass is 32.2. The maximum Gasteiger partial charge on any atom is 0.387 e. The molecule has 0 aliphatic rings. The number of hydrogen-bond acceptors (Lipinski definition) is 6. The lowest BCUT2D eigenvalue weighted by Gasteiger charge is -2.11. The van der Waals surface area contributed by atoms with E-state index in [1.807, 2.05) is 34.9 Å². The summed E-state index contributed by atoms with van der Waals surface area (Å²) in [5.41, 5.74) is 1.91. The molecule has 0 radical (unpaired) electrons. The molecule has 0 atom stereocenters. The number of alkyl halides is 2. The summed E-state index contributed by atoms with van der Waals surface area (Å²) in [6.45, 7) is -0.756. The zero-order valence-electron chi connectivity index (χ0n) is 17.1. The SMILES string of the molecule is Cc1ccc(OC(F)F)c(C(=O)CSc2nnc(-c3ccco3)n2Cc2ccccc2)c1. The van der Waals surface area contributed by atoms with Crippen LogP contribution in [-0.2, 0) is 6.54 Å². The van der Waals surface area contributed by atoms with E-state index in [4.69, 9.17) is 4.42 Å². The maximum absolute atomic E-state index is 12.9. The number of furan rings is 1. The van der Waals surface area contributed by atoms with Crippen molar-refractivity contribution in [3.8, 4) is 17.3 Å². The van der Waals surface area contributed by atoms with Crippen molar-refractivity contribution in [3.63, 3.8) is 0 Å². The Hall–Kier alpha value is -3.46. The van der Waals surface area contributed by atoms with Gasteiger partial charge in [-0.25, -0.2) is 0 Å². The molecule has 2 aromatic carbocycles. The Morgan fingerprint density at radius 3 is 2.66 bits per heavy atom. The zero-order chi connectivity index (χ0) is 22.5. The van der Waals surface area contributed by atoms with Crippen LogP contribution in [0.2, 0.25) is 0 Å². The van der Waals surface area contributed by atoms with Crippen molar-refractivity contribution >= 4 is 17.5 Å². The average molecular weight is 455 g/mol. The molecule has 0 bridgehead atoms. The third-order valence-electron chi connectivity index (χ3n) is 4.63. The van der Waals surface area contributed by atoms with Crippen LogP contribution >= 0.6 is 11.8 Å². The number of ether oxygens (including phenoxy) is 1. The second-order valence-corrected chi connectivity index (χ2v) is 7.89. The normalized spacial score (nSPS) is 11.1. The van der Waals surface area contributed by atoms with Crippen LogP contribution in [0, 0.1) is 6.92 Å². The minimum Gasteiger partial charge on any atom is -0.461 e. The highest BCUT2D eigenvalue weighted by molar-refractivity contribution is 7.99. The molecule has 0 aliphatic heterocycles. The summed E-state index contributed by atoms with van der Waals surface area (Å²) >= 11 is 1.18. The van der Waals surface area contributed by atoms with Gasteiger partial charge < -0.3 is 9.15 Å². The summed E-state index contributed by atoms with van der Waals surface area (Å²) in [5, 5.41) is 8.99. The number of halogens is 2. The Bertz CT molecular complexity index is 1190. The lowest BCUT2D eigenvalue weighted by atomic mass is 10.1. The van der Waals surface area contributed by atoms with Crippen LogP contribution in [0.3, 0.4) is 0 Å². The van der Waals surface area contributed by atoms with E-state index in [-0.39, 0.29) is 22.8 Å². The van der Waals surface area contributed by atoms with Crippen LogP contribution in [0.25, 0.3) is 11.6 Å². The van der Waals surface area contributed by atoms with E-state index in [2.05, 4.69) is 14.9 Å². The van der Waals surface area contributed by atoms with Gasteiger partial charge in [0, 0.05) is 0 Å². The molecule has 0 amide bonds. The van der Waals surface area contributed by atoms with Crippen molar-refractivity contribution in [3.05, 3.63) is 83.6 Å². The topological polar surface area (TPSA) is 70.2 Å². The average Bonchev–Trinajstić information content (AvgIpc) is 3.44. The first kappa shape index (κ1) is 21.8. The smallest absolute Gasteiger partial charge is 0.387 e. The largest absolute Gasteiger partial charge is 0.461 e. The second kappa shape index (κ2) is 9.78. The second-order valence-electron chi connectivity index (χ2n) is 6.95. The first-order valence-corrected chi connectivity index (χ1v) is 10.7. The highest BCUT2D eigenvalue weighted by Crippen LogP contribution is 2.28. The van der Waals surface area contributed by atoms with Gasteiger partial charge in [-0.15, -0.1) is 10.2 Å². The van der Waals surface area contributed by atoms with Gasteiger partial charge in [-0.05, 0) is 36.8 Å². The van der Waals surface area contributed by atoms with Crippen molar-refractivity contribution in [2.75, 3.05) is 5.75 Å². The molecule has 2 heterocycles. The number of Topliss-reactive ketones (excluding diaryl/α,β-unsaturated/α-hetero) is 1. The Balaban J connectivity index is 1.59. The molecule has 0 saturated heterocycles. The van der Waals surface area contributed by atoms with E-state index in [9.17, 15) is 13.6 Å². The van der Waals surface area contributed by atoms with E-state index in [0.717, 1.165) is 11.1 Å². The van der Waals surface area contributed by atoms with Gasteiger partial charge >= 0.3 is 6.61 Å². The predicted molar refractivity (Wildman–Crippen MR) is 116 cm³/mol. The van der Waals surface area contributed by atoms with Gasteiger partial charge in [0.25, 0.3) is 0 Å². The van der Waals surface area contributed by atoms with Gasteiger partial charge in [0.05, 0.1) is 24.1 Å². The molecule has 0 unspecified atom stereocenters. The summed E-state index contributed by atoms with van der Waals surface area (Å²) in [6, 6.07) is 17.8. The van der Waals surface area contributed by atoms with E-state index in [0.29, 0.717) is 23.3 Å². The fourth-order valence-corrected chi connectivity index (χ4v) is 3.98. The minimum atomic E-state index is -3.01. The lowest BCUT2D eigenvalue weighted by Crippen LogP contribution is -2.11. The fourth-order valence-electron chi connectivity index (χ4n) is 3.16. The number of benzene rings is 2. The number of ketones is 1. The Kier molecular flexibility index (Phi) is 6.65. The number of carbonyl (C=O) groups excluding carboxylic acids is 1. The molecule has 0 spiro atoms. The molecule has 32 heavy (non-hydrogen) atoms. The molecule has 2 aromatic heterocycles. The maximum atomic E-state index is 12.9. The van der Waals surface area contributed by atoms with Crippen LogP contribution in [0.4, 0.5) is 8.78 Å². The number of thioether (sulfide) groups is 1. The predicted octanol–water partition coefficient (Wildman–Crippen LogP) is 5.47. The highest BCUT2D eigenvalue weighted by Gasteiger charge is 2.20. The van der Waals surface area contributed by atoms with Crippen molar-refractivity contribution in [2.24, 2.45) is 0 Å². The Morgan fingerprint density at radius 1 is 1.12 bits per heavy atom. The molecule has 0 fully saturated rings. The van der Waals surface area contributed by atoms with E-state index < -0.39 is 6.61 Å². The summed E-state index contributed by atoms with van der Waals surface area (Å²) in [4.78, 5) is 12.9. The van der Waals surface area contributed by atoms with Gasteiger partial charge in [-0.2, -0.15) is 8.78 Å². The van der Waals surface area contributed by atoms with Crippen molar-refractivity contribution in [1.82, 2.24) is 14.8 Å². The van der Waals surface area contributed by atoms with Crippen molar-refractivity contribution < 1.29 is 22.7 Å². The Labute approximate surface area is 187 Å². The van der Waals surface area contributed by atoms with Crippen molar-refractivity contribution in [2.45, 2.75) is 25.2 Å². The third kappa shape index (κ3) is 5.05. The van der Waals surface area contributed by atoms with Gasteiger partial charge in [0.15, 0.2) is 16.7 Å². The number of carbonyl (C=O) groups is 1. The molecule has 0 N–H and O–H groups in total. The summed E-state index contributed by atoms with van der Waals surface area (Å²) in [5.74, 6) is 0.582. The monoisotopic (exact) mass is 455 g/mol. The minimum absolute atomic E-state index is 0.0197. The Morgan fingerprint density at radius 2 is 1.94 bits per heavy atom. The van der Waals surface area contributed by atoms with E-state index >= 15 is 0 Å². The van der Waals surface area contributed by atoms with Gasteiger partial charge in [-0.1, -0.05) is 53.7 Å². The van der Waals surface area contributed by atoms with E-state index in [1.165, 1.54) is 17.8 Å². The number of aromatic nitrogens is 3. The molecule has 9 heteroatoms. The van der Waals surface area contributed by atoms with Crippen LogP contribution in [0.1, 0.15) is 21.5 Å². The van der Waals surface area contributed by atoms with Gasteiger partial charge in [0.1, 0.15) is 5.75 Å². The van der Waals surface area contributed by atoms with Crippen LogP contribution in [0.15, 0.2) is 76.5 Å². The zero-order valence-corrected chi connectivity index (χ0v) is 17.9. The molecule has 4 aromatic rings. The van der Waals surface area contributed by atoms with Gasteiger partial charge in [0.2, 0.25) is 5.82 Å². The molecular weight excluding hydrogens is 436 g/mol. The van der Waals surface area contributed by atoms with Crippen molar-refractivity contribution in [1.29, 1.82) is 0 Å². The molecular formula is C23H19F2N3O3S. The number of rotatable bonds is 9. The van der Waals surface area contributed by atoms with Crippen LogP contribution in [0.5, 0.6) is 5.75 Å². The molecule has 4 rings (SSSR count). The number of nitrogens with zero attached hydrogens (tertiary/aromatic N) is 3. The van der Waals surface area contributed by atoms with Crippen LogP contribution in [-0.4, -0.2) is 32.9 Å². The summed E-state index contributed by atoms with van der Waals surface area (Å²) in [6.07, 6.45) is 1.55. The van der Waals surface area contributed by atoms with Gasteiger partial charge in [-0.3, -0.25) is 9.36 Å². The quantitative estimate of drug-likeness (QED) is 0.246. The number of aryl methyl sites for hydroxylation is 1. The fraction of sp³-hybridized carbons (Fsp3) is 0.174. The molecule has 0 saturated carbocycles. The summed E-state index contributed by atoms with van der Waals surface area (Å²) in [7, 11) is 0. The summed E-state index contributed by atoms with van der Waals surface area (Å²) < 4.78 is 37.4. The van der Waals surface area contributed by atoms with E-state index in [1.54, 1.807) is 37.5 Å². The van der Waals surface area contributed by atoms with Crippen LogP contribution < -0.4 is 4.74 Å². The first-order valence-electron chi connectivity index (χ1n) is 9.73. The lowest BCUT2D eigenvalue weighted by molar-refractivity contribution is -0.0501. The molecule has 164 valence electrons. The third-order valence-corrected chi connectivity index (χ3v) is 5.59.